The summed E-state index contributed by atoms with van der Waals surface area (Å²) in [6, 6.07) is 3.03. The lowest BCUT2D eigenvalue weighted by molar-refractivity contribution is -0.387. The summed E-state index contributed by atoms with van der Waals surface area (Å²) in [6.07, 6.45) is 0. The summed E-state index contributed by atoms with van der Waals surface area (Å²) in [6.45, 7) is 2.07. The van der Waals surface area contributed by atoms with Crippen molar-refractivity contribution >= 4 is 22.9 Å². The fourth-order valence-corrected chi connectivity index (χ4v) is 2.25. The summed E-state index contributed by atoms with van der Waals surface area (Å²) >= 11 is 1.41. The first kappa shape index (κ1) is 14.1. The molecule has 0 radical (unpaired) electrons. The van der Waals surface area contributed by atoms with Crippen LogP contribution in [-0.2, 0) is 6.54 Å². The number of rotatable bonds is 4. The van der Waals surface area contributed by atoms with Gasteiger partial charge in [-0.25, -0.2) is 4.98 Å². The van der Waals surface area contributed by atoms with E-state index in [-0.39, 0.29) is 12.1 Å². The predicted octanol–water partition coefficient (Wildman–Crippen LogP) is 2.43. The lowest BCUT2D eigenvalue weighted by Crippen LogP contribution is -2.22. The number of nitrogens with zero attached hydrogens (tertiary/aromatic N) is 2. The highest BCUT2D eigenvalue weighted by Gasteiger charge is 2.16. The maximum atomic E-state index is 13.4. The predicted molar refractivity (Wildman–Crippen MR) is 71.1 cm³/mol. The third kappa shape index (κ3) is 3.15. The number of nitrogens with one attached hydrogen (secondary N) is 1. The van der Waals surface area contributed by atoms with Crippen LogP contribution in [0, 0.1) is 22.9 Å². The molecule has 20 heavy (non-hydrogen) atoms. The summed E-state index contributed by atoms with van der Waals surface area (Å²) in [4.78, 5) is 25.6. The number of aromatic nitrogens is 1. The van der Waals surface area contributed by atoms with Crippen LogP contribution in [0.2, 0.25) is 0 Å². The molecule has 1 N–H and O–H groups in total. The highest BCUT2D eigenvalue weighted by atomic mass is 32.1. The average molecular weight is 295 g/mol. The van der Waals surface area contributed by atoms with E-state index in [1.54, 1.807) is 0 Å². The first-order chi connectivity index (χ1) is 9.47. The lowest BCUT2D eigenvalue weighted by Gasteiger charge is -2.03. The van der Waals surface area contributed by atoms with Crippen LogP contribution in [0.1, 0.15) is 21.1 Å². The largest absolute Gasteiger partial charge is 0.346 e. The van der Waals surface area contributed by atoms with E-state index in [1.807, 2.05) is 12.3 Å². The molecule has 2 aromatic rings. The van der Waals surface area contributed by atoms with Crippen molar-refractivity contribution in [3.63, 3.8) is 0 Å². The molecule has 0 aliphatic rings. The molecule has 1 aromatic heterocycles. The molecular weight excluding hydrogens is 285 g/mol. The molecule has 0 unspecified atom stereocenters. The smallest absolute Gasteiger partial charge is 0.304 e. The number of aryl methyl sites for hydroxylation is 1. The van der Waals surface area contributed by atoms with Gasteiger partial charge < -0.3 is 5.32 Å². The molecule has 0 aliphatic heterocycles. The summed E-state index contributed by atoms with van der Waals surface area (Å²) < 4.78 is 13.4. The second-order valence-corrected chi connectivity index (χ2v) is 4.93. The van der Waals surface area contributed by atoms with E-state index >= 15 is 0 Å². The van der Waals surface area contributed by atoms with Crippen molar-refractivity contribution < 1.29 is 14.1 Å². The maximum absolute atomic E-state index is 13.4. The number of halogens is 1. The molecule has 0 saturated heterocycles. The number of nitro groups is 1. The van der Waals surface area contributed by atoms with Crippen LogP contribution in [0.4, 0.5) is 10.1 Å². The molecule has 0 spiro atoms. The van der Waals surface area contributed by atoms with Gasteiger partial charge in [0, 0.05) is 22.7 Å². The Morgan fingerprint density at radius 3 is 2.85 bits per heavy atom. The number of carbonyl (C=O) groups is 1. The lowest BCUT2D eigenvalue weighted by atomic mass is 10.2. The molecular formula is C12H10FN3O3S. The highest BCUT2D eigenvalue weighted by molar-refractivity contribution is 7.09. The minimum Gasteiger partial charge on any atom is -0.346 e. The molecule has 1 aromatic carbocycles. The minimum atomic E-state index is -1.03. The molecule has 0 fully saturated rings. The van der Waals surface area contributed by atoms with Gasteiger partial charge >= 0.3 is 5.69 Å². The Hall–Kier alpha value is -2.35. The van der Waals surface area contributed by atoms with Crippen molar-refractivity contribution in [2.45, 2.75) is 13.5 Å². The van der Waals surface area contributed by atoms with Crippen LogP contribution in [0.25, 0.3) is 0 Å². The van der Waals surface area contributed by atoms with E-state index < -0.39 is 22.3 Å². The molecule has 104 valence electrons. The van der Waals surface area contributed by atoms with Crippen molar-refractivity contribution in [2.24, 2.45) is 0 Å². The number of nitro benzene ring substituents is 1. The van der Waals surface area contributed by atoms with Gasteiger partial charge in [0.05, 0.1) is 11.5 Å². The van der Waals surface area contributed by atoms with Gasteiger partial charge in [0.25, 0.3) is 5.91 Å². The second kappa shape index (κ2) is 5.74. The Morgan fingerprint density at radius 2 is 2.30 bits per heavy atom. The van der Waals surface area contributed by atoms with E-state index in [0.29, 0.717) is 0 Å². The molecule has 1 heterocycles. The van der Waals surface area contributed by atoms with E-state index in [4.69, 9.17) is 0 Å². The van der Waals surface area contributed by atoms with Crippen molar-refractivity contribution in [3.05, 3.63) is 55.8 Å². The Kier molecular flexibility index (Phi) is 4.04. The van der Waals surface area contributed by atoms with Gasteiger partial charge in [-0.15, -0.1) is 11.3 Å². The summed E-state index contributed by atoms with van der Waals surface area (Å²) in [7, 11) is 0. The zero-order valence-electron chi connectivity index (χ0n) is 10.4. The van der Waals surface area contributed by atoms with Crippen molar-refractivity contribution in [1.29, 1.82) is 0 Å². The fraction of sp³-hybridized carbons (Fsp3) is 0.167. The van der Waals surface area contributed by atoms with E-state index in [1.165, 1.54) is 17.4 Å². The molecule has 0 saturated carbocycles. The van der Waals surface area contributed by atoms with Crippen LogP contribution in [0.15, 0.2) is 23.6 Å². The van der Waals surface area contributed by atoms with Gasteiger partial charge in [-0.05, 0) is 19.1 Å². The van der Waals surface area contributed by atoms with E-state index in [2.05, 4.69) is 10.3 Å². The zero-order valence-corrected chi connectivity index (χ0v) is 11.2. The minimum absolute atomic E-state index is 0.0291. The summed E-state index contributed by atoms with van der Waals surface area (Å²) in [5.74, 6) is -1.54. The van der Waals surface area contributed by atoms with Gasteiger partial charge in [-0.2, -0.15) is 4.39 Å². The van der Waals surface area contributed by atoms with Gasteiger partial charge in [0.15, 0.2) is 0 Å². The van der Waals surface area contributed by atoms with Crippen molar-refractivity contribution in [1.82, 2.24) is 10.3 Å². The van der Waals surface area contributed by atoms with E-state index in [9.17, 15) is 19.3 Å². The van der Waals surface area contributed by atoms with Crippen LogP contribution in [0.5, 0.6) is 0 Å². The Labute approximate surface area is 117 Å². The summed E-state index contributed by atoms with van der Waals surface area (Å²) in [5.41, 5.74) is 0.235. The molecule has 8 heteroatoms. The van der Waals surface area contributed by atoms with Gasteiger partial charge in [-0.1, -0.05) is 0 Å². The molecule has 0 atom stereocenters. The number of benzene rings is 1. The molecule has 0 aliphatic carbocycles. The van der Waals surface area contributed by atoms with Crippen LogP contribution in [-0.4, -0.2) is 15.8 Å². The third-order valence-electron chi connectivity index (χ3n) is 2.47. The monoisotopic (exact) mass is 295 g/mol. The van der Waals surface area contributed by atoms with Gasteiger partial charge in [-0.3, -0.25) is 14.9 Å². The average Bonchev–Trinajstić information content (AvgIpc) is 2.81. The third-order valence-corrected chi connectivity index (χ3v) is 3.44. The number of thiazole rings is 1. The molecule has 0 bridgehead atoms. The van der Waals surface area contributed by atoms with E-state index in [0.717, 1.165) is 22.8 Å². The van der Waals surface area contributed by atoms with Gasteiger partial charge in [0.1, 0.15) is 5.01 Å². The Bertz CT molecular complexity index is 672. The maximum Gasteiger partial charge on any atom is 0.304 e. The summed E-state index contributed by atoms with van der Waals surface area (Å²) in [5, 5.41) is 15.6. The number of amides is 1. The molecule has 1 amide bonds. The topological polar surface area (TPSA) is 85.1 Å². The number of hydrogen-bond donors (Lipinski definition) is 1. The quantitative estimate of drug-likeness (QED) is 0.693. The number of carbonyl (C=O) groups excluding carboxylic acids is 1. The molecule has 2 rings (SSSR count). The van der Waals surface area contributed by atoms with Crippen molar-refractivity contribution in [2.75, 3.05) is 0 Å². The molecule has 6 nitrogen and oxygen atoms in total. The van der Waals surface area contributed by atoms with Gasteiger partial charge in [0.2, 0.25) is 5.82 Å². The normalized spacial score (nSPS) is 10.3. The zero-order chi connectivity index (χ0) is 14.7. The first-order valence-corrected chi connectivity index (χ1v) is 6.48. The SMILES string of the molecule is Cc1csc(CNC(=O)c2ccc([N+](=O)[O-])c(F)c2)n1. The Morgan fingerprint density at radius 1 is 1.55 bits per heavy atom. The fourth-order valence-electron chi connectivity index (χ4n) is 1.54. The first-order valence-electron chi connectivity index (χ1n) is 5.60. The van der Waals surface area contributed by atoms with Crippen LogP contribution >= 0.6 is 11.3 Å². The standard InChI is InChI=1S/C12H10FN3O3S/c1-7-6-20-11(15-7)5-14-12(17)8-2-3-10(16(18)19)9(13)4-8/h2-4,6H,5H2,1H3,(H,14,17). The number of hydrogen-bond acceptors (Lipinski definition) is 5. The van der Waals surface area contributed by atoms with Crippen LogP contribution in [0.3, 0.4) is 0 Å². The van der Waals surface area contributed by atoms with Crippen molar-refractivity contribution in [3.8, 4) is 0 Å². The second-order valence-electron chi connectivity index (χ2n) is 3.99. The Balaban J connectivity index is 2.06. The van der Waals surface area contributed by atoms with Crippen LogP contribution < -0.4 is 5.32 Å². The highest BCUT2D eigenvalue weighted by Crippen LogP contribution is 2.18.